The van der Waals surface area contributed by atoms with Crippen LogP contribution in [0.15, 0.2) is 54.6 Å². The third-order valence-electron chi connectivity index (χ3n) is 3.67. The van der Waals surface area contributed by atoms with Crippen molar-refractivity contribution in [1.29, 1.82) is 0 Å². The molecule has 0 unspecified atom stereocenters. The number of para-hydroxylation sites is 1. The van der Waals surface area contributed by atoms with Crippen LogP contribution in [-0.4, -0.2) is 10.8 Å². The number of carbonyl (C=O) groups is 1. The van der Waals surface area contributed by atoms with E-state index in [1.165, 1.54) is 0 Å². The minimum Gasteiger partial charge on any atom is -0.294 e. The minimum absolute atomic E-state index is 0.130. The second kappa shape index (κ2) is 5.49. The summed E-state index contributed by atoms with van der Waals surface area (Å²) in [5.41, 5.74) is 4.80. The predicted molar refractivity (Wildman–Crippen MR) is 85.7 cm³/mol. The van der Waals surface area contributed by atoms with Crippen molar-refractivity contribution in [3.8, 4) is 0 Å². The zero-order chi connectivity index (χ0) is 14.8. The number of aryl methyl sites for hydroxylation is 2. The van der Waals surface area contributed by atoms with Gasteiger partial charge in [0.1, 0.15) is 0 Å². The van der Waals surface area contributed by atoms with E-state index in [0.29, 0.717) is 6.42 Å². The Hall–Kier alpha value is -2.48. The van der Waals surface area contributed by atoms with Crippen LogP contribution in [0.1, 0.15) is 27.2 Å². The van der Waals surface area contributed by atoms with Gasteiger partial charge < -0.3 is 0 Å². The van der Waals surface area contributed by atoms with Gasteiger partial charge in [0.05, 0.1) is 5.52 Å². The van der Waals surface area contributed by atoms with Gasteiger partial charge in [-0.1, -0.05) is 54.1 Å². The molecule has 0 aliphatic heterocycles. The van der Waals surface area contributed by atoms with Crippen LogP contribution in [0.5, 0.6) is 0 Å². The normalized spacial score (nSPS) is 10.8. The monoisotopic (exact) mass is 275 g/mol. The molecule has 0 N–H and O–H groups in total. The van der Waals surface area contributed by atoms with Crippen molar-refractivity contribution < 1.29 is 4.79 Å². The molecule has 1 heterocycles. The van der Waals surface area contributed by atoms with Crippen LogP contribution in [0.3, 0.4) is 0 Å². The van der Waals surface area contributed by atoms with E-state index in [-0.39, 0.29) is 5.78 Å². The number of fused-ring (bicyclic) bond motifs is 1. The first kappa shape index (κ1) is 13.5. The minimum atomic E-state index is 0.130. The molecule has 0 amide bonds. The van der Waals surface area contributed by atoms with Crippen molar-refractivity contribution in [2.45, 2.75) is 20.3 Å². The number of benzene rings is 2. The molecule has 3 aromatic rings. The van der Waals surface area contributed by atoms with Crippen LogP contribution in [0.25, 0.3) is 10.9 Å². The van der Waals surface area contributed by atoms with Gasteiger partial charge in [0.25, 0.3) is 0 Å². The molecule has 0 aliphatic carbocycles. The van der Waals surface area contributed by atoms with Gasteiger partial charge in [-0.3, -0.25) is 9.78 Å². The van der Waals surface area contributed by atoms with E-state index in [1.54, 1.807) is 0 Å². The van der Waals surface area contributed by atoms with Crippen molar-refractivity contribution in [3.63, 3.8) is 0 Å². The molecule has 104 valence electrons. The van der Waals surface area contributed by atoms with Crippen molar-refractivity contribution in [2.24, 2.45) is 0 Å². The summed E-state index contributed by atoms with van der Waals surface area (Å²) in [4.78, 5) is 17.0. The van der Waals surface area contributed by atoms with E-state index in [9.17, 15) is 4.79 Å². The third kappa shape index (κ3) is 2.84. The summed E-state index contributed by atoms with van der Waals surface area (Å²) in [6.07, 6.45) is 0.386. The van der Waals surface area contributed by atoms with Gasteiger partial charge in [0.2, 0.25) is 0 Å². The summed E-state index contributed by atoms with van der Waals surface area (Å²) in [5, 5.41) is 1.08. The van der Waals surface area contributed by atoms with Crippen molar-refractivity contribution >= 4 is 16.7 Å². The van der Waals surface area contributed by atoms with Crippen LogP contribution in [0.4, 0.5) is 0 Å². The van der Waals surface area contributed by atoms with E-state index in [0.717, 1.165) is 33.3 Å². The van der Waals surface area contributed by atoms with Gasteiger partial charge >= 0.3 is 0 Å². The molecule has 1 aromatic heterocycles. The highest BCUT2D eigenvalue weighted by Crippen LogP contribution is 2.19. The van der Waals surface area contributed by atoms with Gasteiger partial charge in [-0.05, 0) is 25.5 Å². The van der Waals surface area contributed by atoms with E-state index >= 15 is 0 Å². The molecular weight excluding hydrogens is 258 g/mol. The molecule has 0 bridgehead atoms. The van der Waals surface area contributed by atoms with Crippen molar-refractivity contribution in [1.82, 2.24) is 4.98 Å². The lowest BCUT2D eigenvalue weighted by molar-refractivity contribution is 0.0993. The van der Waals surface area contributed by atoms with Gasteiger partial charge in [0, 0.05) is 23.1 Å². The highest BCUT2D eigenvalue weighted by Gasteiger charge is 2.10. The number of pyridine rings is 1. The second-order valence-corrected chi connectivity index (χ2v) is 5.41. The Bertz CT molecular complexity index is 803. The summed E-state index contributed by atoms with van der Waals surface area (Å²) in [7, 11) is 0. The first-order valence-corrected chi connectivity index (χ1v) is 7.08. The molecular formula is C19H17NO. The van der Waals surface area contributed by atoms with Crippen LogP contribution < -0.4 is 0 Å². The van der Waals surface area contributed by atoms with Crippen LogP contribution >= 0.6 is 0 Å². The predicted octanol–water partition coefficient (Wildman–Crippen LogP) is 4.28. The number of ketones is 1. The zero-order valence-corrected chi connectivity index (χ0v) is 12.3. The van der Waals surface area contributed by atoms with Gasteiger partial charge in [-0.2, -0.15) is 0 Å². The van der Waals surface area contributed by atoms with Gasteiger partial charge in [-0.15, -0.1) is 0 Å². The average molecular weight is 275 g/mol. The first-order chi connectivity index (χ1) is 10.1. The van der Waals surface area contributed by atoms with Gasteiger partial charge in [0.15, 0.2) is 5.78 Å². The Morgan fingerprint density at radius 1 is 0.952 bits per heavy atom. The fraction of sp³-hybridized carbons (Fsp3) is 0.158. The molecule has 0 radical (unpaired) electrons. The summed E-state index contributed by atoms with van der Waals surface area (Å²) >= 11 is 0. The Morgan fingerprint density at radius 2 is 1.71 bits per heavy atom. The Morgan fingerprint density at radius 3 is 2.48 bits per heavy atom. The second-order valence-electron chi connectivity index (χ2n) is 5.41. The fourth-order valence-corrected chi connectivity index (χ4v) is 2.46. The molecule has 3 rings (SSSR count). The summed E-state index contributed by atoms with van der Waals surface area (Å²) in [6.45, 7) is 3.99. The number of nitrogens with zero attached hydrogens (tertiary/aromatic N) is 1. The molecule has 0 aliphatic rings. The summed E-state index contributed by atoms with van der Waals surface area (Å²) in [6, 6.07) is 17.8. The van der Waals surface area contributed by atoms with Gasteiger partial charge in [-0.25, -0.2) is 0 Å². The molecule has 0 spiro atoms. The van der Waals surface area contributed by atoms with Crippen molar-refractivity contribution in [2.75, 3.05) is 0 Å². The molecule has 0 atom stereocenters. The highest BCUT2D eigenvalue weighted by atomic mass is 16.1. The fourth-order valence-electron chi connectivity index (χ4n) is 2.46. The quantitative estimate of drug-likeness (QED) is 0.668. The zero-order valence-electron chi connectivity index (χ0n) is 12.3. The lowest BCUT2D eigenvalue weighted by Crippen LogP contribution is -2.04. The molecule has 0 saturated carbocycles. The Labute approximate surface area is 124 Å². The van der Waals surface area contributed by atoms with E-state index in [2.05, 4.69) is 11.1 Å². The number of hydrogen-bond donors (Lipinski definition) is 0. The van der Waals surface area contributed by atoms with Crippen LogP contribution in [0.2, 0.25) is 0 Å². The molecule has 2 aromatic carbocycles. The standard InChI is InChI=1S/C19H17NO/c1-13-6-9-15(10-7-13)18(21)12-17-5-3-4-16-11-8-14(2)20-19(16)17/h3-11H,12H2,1-2H3. The maximum absolute atomic E-state index is 12.4. The molecule has 2 heteroatoms. The summed E-state index contributed by atoms with van der Waals surface area (Å²) in [5.74, 6) is 0.130. The molecule has 0 fully saturated rings. The topological polar surface area (TPSA) is 30.0 Å². The Kier molecular flexibility index (Phi) is 3.53. The maximum atomic E-state index is 12.4. The number of aromatic nitrogens is 1. The number of hydrogen-bond acceptors (Lipinski definition) is 2. The maximum Gasteiger partial charge on any atom is 0.167 e. The summed E-state index contributed by atoms with van der Waals surface area (Å²) < 4.78 is 0. The van der Waals surface area contributed by atoms with E-state index in [1.807, 2.05) is 62.4 Å². The third-order valence-corrected chi connectivity index (χ3v) is 3.67. The smallest absolute Gasteiger partial charge is 0.167 e. The number of rotatable bonds is 3. The van der Waals surface area contributed by atoms with E-state index < -0.39 is 0 Å². The lowest BCUT2D eigenvalue weighted by atomic mass is 10.00. The molecule has 21 heavy (non-hydrogen) atoms. The number of Topliss-reactive ketones (excluding diaryl/α,β-unsaturated/α-hetero) is 1. The van der Waals surface area contributed by atoms with Crippen LogP contribution in [-0.2, 0) is 6.42 Å². The Balaban J connectivity index is 1.96. The lowest BCUT2D eigenvalue weighted by Gasteiger charge is -2.06. The SMILES string of the molecule is Cc1ccc(C(=O)Cc2cccc3ccc(C)nc23)cc1. The number of carbonyl (C=O) groups excluding carboxylic acids is 1. The first-order valence-electron chi connectivity index (χ1n) is 7.08. The van der Waals surface area contributed by atoms with Crippen LogP contribution in [0, 0.1) is 13.8 Å². The highest BCUT2D eigenvalue weighted by molar-refractivity contribution is 5.99. The van der Waals surface area contributed by atoms with E-state index in [4.69, 9.17) is 0 Å². The largest absolute Gasteiger partial charge is 0.294 e. The molecule has 2 nitrogen and oxygen atoms in total. The van der Waals surface area contributed by atoms with Crippen molar-refractivity contribution in [3.05, 3.63) is 77.0 Å². The average Bonchev–Trinajstić information content (AvgIpc) is 2.48. The molecule has 0 saturated heterocycles.